The lowest BCUT2D eigenvalue weighted by atomic mass is 10.0. The lowest BCUT2D eigenvalue weighted by Gasteiger charge is -2.17. The quantitative estimate of drug-likeness (QED) is 0.822. The molecule has 0 aromatic heterocycles. The number of benzene rings is 2. The molecule has 0 bridgehead atoms. The largest absolute Gasteiger partial charge is 0.394 e. The Morgan fingerprint density at radius 2 is 1.62 bits per heavy atom. The van der Waals surface area contributed by atoms with E-state index in [9.17, 15) is 9.90 Å². The Kier molecular flexibility index (Phi) is 6.53. The molecule has 0 fully saturated rings. The lowest BCUT2D eigenvalue weighted by molar-refractivity contribution is 0.0916. The van der Waals surface area contributed by atoms with E-state index in [1.165, 1.54) is 5.56 Å². The van der Waals surface area contributed by atoms with Crippen molar-refractivity contribution in [1.82, 2.24) is 10.2 Å². The molecule has 128 valence electrons. The number of rotatable bonds is 7. The fourth-order valence-electron chi connectivity index (χ4n) is 2.59. The van der Waals surface area contributed by atoms with Crippen LogP contribution in [-0.2, 0) is 13.0 Å². The van der Waals surface area contributed by atoms with Gasteiger partial charge in [-0.3, -0.25) is 4.79 Å². The number of aliphatic hydroxyl groups excluding tert-OH is 1. The van der Waals surface area contributed by atoms with Gasteiger partial charge >= 0.3 is 0 Å². The maximum atomic E-state index is 12.4. The Labute approximate surface area is 144 Å². The van der Waals surface area contributed by atoms with Crippen molar-refractivity contribution < 1.29 is 9.90 Å². The van der Waals surface area contributed by atoms with Gasteiger partial charge in [0.05, 0.1) is 12.6 Å². The number of carbonyl (C=O) groups is 1. The van der Waals surface area contributed by atoms with Crippen molar-refractivity contribution in [3.63, 3.8) is 0 Å². The highest BCUT2D eigenvalue weighted by molar-refractivity contribution is 5.94. The van der Waals surface area contributed by atoms with Crippen LogP contribution < -0.4 is 5.32 Å². The maximum absolute atomic E-state index is 12.4. The van der Waals surface area contributed by atoms with Gasteiger partial charge < -0.3 is 15.3 Å². The predicted octanol–water partition coefficient (Wildman–Crippen LogP) is 2.77. The first kappa shape index (κ1) is 18.2. The summed E-state index contributed by atoms with van der Waals surface area (Å²) in [6, 6.07) is 15.1. The normalized spacial score (nSPS) is 12.2. The first-order chi connectivity index (χ1) is 11.5. The lowest BCUT2D eigenvalue weighted by Crippen LogP contribution is -2.30. The summed E-state index contributed by atoms with van der Waals surface area (Å²) in [5, 5.41) is 12.5. The van der Waals surface area contributed by atoms with Crippen LogP contribution >= 0.6 is 0 Å². The number of amides is 1. The summed E-state index contributed by atoms with van der Waals surface area (Å²) in [6.45, 7) is 2.81. The Balaban J connectivity index is 2.05. The number of aliphatic hydroxyl groups is 1. The molecule has 1 amide bonds. The summed E-state index contributed by atoms with van der Waals surface area (Å²) < 4.78 is 0. The van der Waals surface area contributed by atoms with Crippen molar-refractivity contribution in [1.29, 1.82) is 0 Å². The van der Waals surface area contributed by atoms with Gasteiger partial charge in [-0.2, -0.15) is 0 Å². The van der Waals surface area contributed by atoms with Gasteiger partial charge in [0.1, 0.15) is 0 Å². The van der Waals surface area contributed by atoms with Crippen LogP contribution in [0.2, 0.25) is 0 Å². The molecule has 24 heavy (non-hydrogen) atoms. The molecule has 1 atom stereocenters. The standard InChI is InChI=1S/C20H26N2O2/c1-4-15-5-9-17(10-6-15)19(14-23)21-20(24)18-11-7-16(8-12-18)13-22(2)3/h5-12,19,23H,4,13-14H2,1-3H3,(H,21,24). The summed E-state index contributed by atoms with van der Waals surface area (Å²) >= 11 is 0. The van der Waals surface area contributed by atoms with Crippen molar-refractivity contribution in [2.45, 2.75) is 25.9 Å². The Hall–Kier alpha value is -2.17. The molecular formula is C20H26N2O2. The minimum Gasteiger partial charge on any atom is -0.394 e. The van der Waals surface area contributed by atoms with Crippen LogP contribution in [0.25, 0.3) is 0 Å². The Morgan fingerprint density at radius 3 is 2.12 bits per heavy atom. The summed E-state index contributed by atoms with van der Waals surface area (Å²) in [5.74, 6) is -0.176. The van der Waals surface area contributed by atoms with Crippen LogP contribution in [0.1, 0.15) is 40.0 Å². The molecule has 0 saturated carbocycles. The summed E-state index contributed by atoms with van der Waals surface area (Å²) in [4.78, 5) is 14.5. The molecule has 0 saturated heterocycles. The highest BCUT2D eigenvalue weighted by atomic mass is 16.3. The van der Waals surface area contributed by atoms with E-state index >= 15 is 0 Å². The van der Waals surface area contributed by atoms with Gasteiger partial charge in [-0.05, 0) is 49.3 Å². The van der Waals surface area contributed by atoms with E-state index in [-0.39, 0.29) is 12.5 Å². The van der Waals surface area contributed by atoms with Crippen LogP contribution in [0, 0.1) is 0 Å². The van der Waals surface area contributed by atoms with Crippen LogP contribution in [-0.4, -0.2) is 36.6 Å². The van der Waals surface area contributed by atoms with Crippen LogP contribution in [0.3, 0.4) is 0 Å². The van der Waals surface area contributed by atoms with Crippen LogP contribution in [0.5, 0.6) is 0 Å². The molecule has 0 heterocycles. The number of aryl methyl sites for hydroxylation is 1. The molecule has 2 aromatic rings. The fourth-order valence-corrected chi connectivity index (χ4v) is 2.59. The maximum Gasteiger partial charge on any atom is 0.251 e. The van der Waals surface area contributed by atoms with Crippen molar-refractivity contribution in [2.75, 3.05) is 20.7 Å². The molecule has 2 N–H and O–H groups in total. The monoisotopic (exact) mass is 326 g/mol. The Morgan fingerprint density at radius 1 is 1.04 bits per heavy atom. The summed E-state index contributed by atoms with van der Waals surface area (Å²) in [7, 11) is 4.02. The second kappa shape index (κ2) is 8.62. The van der Waals surface area contributed by atoms with E-state index in [2.05, 4.69) is 17.1 Å². The highest BCUT2D eigenvalue weighted by Crippen LogP contribution is 2.15. The number of hydrogen-bond acceptors (Lipinski definition) is 3. The average molecular weight is 326 g/mol. The minimum absolute atomic E-state index is 0.129. The van der Waals surface area contributed by atoms with Gasteiger partial charge in [0.2, 0.25) is 0 Å². The second-order valence-electron chi connectivity index (χ2n) is 6.24. The zero-order valence-corrected chi connectivity index (χ0v) is 14.6. The molecular weight excluding hydrogens is 300 g/mol. The predicted molar refractivity (Wildman–Crippen MR) is 96.9 cm³/mol. The molecule has 4 nitrogen and oxygen atoms in total. The number of carbonyl (C=O) groups excluding carboxylic acids is 1. The molecule has 4 heteroatoms. The molecule has 1 unspecified atom stereocenters. The third-order valence-electron chi connectivity index (χ3n) is 3.99. The summed E-state index contributed by atoms with van der Waals surface area (Å²) in [5.41, 5.74) is 3.90. The molecule has 0 aliphatic carbocycles. The van der Waals surface area contributed by atoms with Crippen molar-refractivity contribution in [3.8, 4) is 0 Å². The van der Waals surface area contributed by atoms with Crippen molar-refractivity contribution in [3.05, 3.63) is 70.8 Å². The van der Waals surface area contributed by atoms with E-state index in [0.29, 0.717) is 5.56 Å². The number of nitrogens with one attached hydrogen (secondary N) is 1. The SMILES string of the molecule is CCc1ccc(C(CO)NC(=O)c2ccc(CN(C)C)cc2)cc1. The van der Waals surface area contributed by atoms with E-state index in [4.69, 9.17) is 0 Å². The molecule has 0 radical (unpaired) electrons. The number of hydrogen-bond donors (Lipinski definition) is 2. The zero-order valence-electron chi connectivity index (χ0n) is 14.6. The second-order valence-corrected chi connectivity index (χ2v) is 6.24. The van der Waals surface area contributed by atoms with Crippen LogP contribution in [0.15, 0.2) is 48.5 Å². The van der Waals surface area contributed by atoms with Gasteiger partial charge in [0.15, 0.2) is 0 Å². The average Bonchev–Trinajstić information content (AvgIpc) is 2.59. The topological polar surface area (TPSA) is 52.6 Å². The van der Waals surface area contributed by atoms with Gasteiger partial charge in [0, 0.05) is 12.1 Å². The van der Waals surface area contributed by atoms with Crippen LogP contribution in [0.4, 0.5) is 0 Å². The van der Waals surface area contributed by atoms with Gasteiger partial charge in [0.25, 0.3) is 5.91 Å². The Bertz CT molecular complexity index is 648. The van der Waals surface area contributed by atoms with Crippen molar-refractivity contribution >= 4 is 5.91 Å². The van der Waals surface area contributed by atoms with E-state index in [1.807, 2.05) is 62.6 Å². The molecule has 0 spiro atoms. The van der Waals surface area contributed by atoms with E-state index in [0.717, 1.165) is 24.1 Å². The molecule has 0 aliphatic rings. The first-order valence-corrected chi connectivity index (χ1v) is 8.27. The van der Waals surface area contributed by atoms with Gasteiger partial charge in [-0.25, -0.2) is 0 Å². The third-order valence-corrected chi connectivity index (χ3v) is 3.99. The third kappa shape index (κ3) is 4.91. The van der Waals surface area contributed by atoms with E-state index < -0.39 is 6.04 Å². The first-order valence-electron chi connectivity index (χ1n) is 8.27. The van der Waals surface area contributed by atoms with Gasteiger partial charge in [-0.1, -0.05) is 43.3 Å². The number of nitrogens with zero attached hydrogens (tertiary/aromatic N) is 1. The smallest absolute Gasteiger partial charge is 0.251 e. The highest BCUT2D eigenvalue weighted by Gasteiger charge is 2.15. The zero-order chi connectivity index (χ0) is 17.5. The summed E-state index contributed by atoms with van der Waals surface area (Å²) in [6.07, 6.45) is 0.968. The molecule has 2 rings (SSSR count). The van der Waals surface area contributed by atoms with Gasteiger partial charge in [-0.15, -0.1) is 0 Å². The van der Waals surface area contributed by atoms with Crippen molar-refractivity contribution in [2.24, 2.45) is 0 Å². The minimum atomic E-state index is -0.398. The van der Waals surface area contributed by atoms with E-state index in [1.54, 1.807) is 0 Å². The fraction of sp³-hybridized carbons (Fsp3) is 0.350. The molecule has 0 aliphatic heterocycles. The molecule has 2 aromatic carbocycles.